The number of fused-ring (bicyclic) bond motifs is 1. The van der Waals surface area contributed by atoms with Gasteiger partial charge >= 0.3 is 5.97 Å². The number of nitrogens with one attached hydrogen (secondary N) is 1. The number of aromatic amines is 1. The highest BCUT2D eigenvalue weighted by atomic mass is 16.5. The molecule has 0 bridgehead atoms. The van der Waals surface area contributed by atoms with Crippen molar-refractivity contribution < 1.29 is 19.1 Å². The molecule has 0 aliphatic carbocycles. The molecule has 2 amide bonds. The molecule has 0 spiro atoms. The van der Waals surface area contributed by atoms with Crippen molar-refractivity contribution in [3.05, 3.63) is 27.4 Å². The quantitative estimate of drug-likeness (QED) is 0.721. The monoisotopic (exact) mass is 390 g/mol. The number of methoxy groups -OCH3 is 1. The minimum absolute atomic E-state index is 0.0457. The Bertz CT molecular complexity index is 864. The Morgan fingerprint density at radius 2 is 2.00 bits per heavy atom. The lowest BCUT2D eigenvalue weighted by molar-refractivity contribution is -0.150. The van der Waals surface area contributed by atoms with E-state index in [4.69, 9.17) is 4.74 Å². The van der Waals surface area contributed by atoms with Gasteiger partial charge in [0.2, 0.25) is 11.8 Å². The van der Waals surface area contributed by atoms with Gasteiger partial charge in [-0.3, -0.25) is 19.2 Å². The molecule has 1 aromatic rings. The third-order valence-corrected chi connectivity index (χ3v) is 5.73. The van der Waals surface area contributed by atoms with Crippen molar-refractivity contribution in [3.63, 3.8) is 0 Å². The Morgan fingerprint density at radius 1 is 1.29 bits per heavy atom. The van der Waals surface area contributed by atoms with Gasteiger partial charge in [-0.1, -0.05) is 6.92 Å². The molecule has 9 nitrogen and oxygen atoms in total. The average Bonchev–Trinajstić information content (AvgIpc) is 3.02. The van der Waals surface area contributed by atoms with Crippen LogP contribution in [0.4, 0.5) is 0 Å². The van der Waals surface area contributed by atoms with Gasteiger partial charge in [-0.05, 0) is 26.7 Å². The third-order valence-electron chi connectivity index (χ3n) is 5.73. The largest absolute Gasteiger partial charge is 0.469 e. The molecule has 152 valence electrons. The van der Waals surface area contributed by atoms with Crippen LogP contribution in [0.5, 0.6) is 0 Å². The smallest absolute Gasteiger partial charge is 0.310 e. The number of aromatic nitrogens is 2. The zero-order valence-corrected chi connectivity index (χ0v) is 16.7. The van der Waals surface area contributed by atoms with Crippen molar-refractivity contribution in [1.29, 1.82) is 0 Å². The van der Waals surface area contributed by atoms with Crippen molar-refractivity contribution >= 4 is 17.8 Å². The van der Waals surface area contributed by atoms with Crippen LogP contribution in [0.1, 0.15) is 36.8 Å². The fourth-order valence-electron chi connectivity index (χ4n) is 4.44. The molecule has 0 radical (unpaired) electrons. The van der Waals surface area contributed by atoms with Crippen LogP contribution in [0.25, 0.3) is 0 Å². The fraction of sp³-hybridized carbons (Fsp3) is 0.632. The molecular weight excluding hydrogens is 364 g/mol. The van der Waals surface area contributed by atoms with Crippen LogP contribution in [-0.2, 0) is 25.5 Å². The standard InChI is InChI=1S/C19H26N4O5/c1-5-15-14(19(27)28-4)6-12-8-22(9-17(25)23(12)15)16(24)7-13-10(2)20-11(3)21-18(13)26/h12,14-15H,5-9H2,1-4H3,(H,20,21,26)/t12-,14-,15-/m0/s1. The van der Waals surface area contributed by atoms with E-state index in [9.17, 15) is 19.2 Å². The molecule has 1 aromatic heterocycles. The number of esters is 1. The van der Waals surface area contributed by atoms with Gasteiger partial charge in [-0.2, -0.15) is 0 Å². The van der Waals surface area contributed by atoms with Crippen LogP contribution in [0.3, 0.4) is 0 Å². The molecule has 0 unspecified atom stereocenters. The Labute approximate surface area is 163 Å². The van der Waals surface area contributed by atoms with E-state index < -0.39 is 0 Å². The van der Waals surface area contributed by atoms with E-state index in [1.165, 1.54) is 12.0 Å². The van der Waals surface area contributed by atoms with Crippen LogP contribution in [0.2, 0.25) is 0 Å². The number of ether oxygens (including phenoxy) is 1. The van der Waals surface area contributed by atoms with E-state index in [2.05, 4.69) is 9.97 Å². The average molecular weight is 390 g/mol. The summed E-state index contributed by atoms with van der Waals surface area (Å²) in [4.78, 5) is 59.9. The van der Waals surface area contributed by atoms with Crippen molar-refractivity contribution in [2.75, 3.05) is 20.2 Å². The van der Waals surface area contributed by atoms with E-state index >= 15 is 0 Å². The summed E-state index contributed by atoms with van der Waals surface area (Å²) in [6.07, 6.45) is 1.03. The summed E-state index contributed by atoms with van der Waals surface area (Å²) in [5.74, 6) is -0.657. The molecule has 2 aliphatic rings. The SMILES string of the molecule is CC[C@H]1[C@@H](C(=O)OC)C[C@H]2CN(C(=O)Cc3c(C)nc(C)[nH]c3=O)CC(=O)N21. The summed E-state index contributed by atoms with van der Waals surface area (Å²) in [7, 11) is 1.35. The molecule has 3 atom stereocenters. The molecule has 0 saturated carbocycles. The van der Waals surface area contributed by atoms with Crippen molar-refractivity contribution in [3.8, 4) is 0 Å². The number of hydrogen-bond donors (Lipinski definition) is 1. The number of aryl methyl sites for hydroxylation is 2. The lowest BCUT2D eigenvalue weighted by Gasteiger charge is -2.39. The second-order valence-electron chi connectivity index (χ2n) is 7.46. The number of rotatable bonds is 4. The zero-order chi connectivity index (χ0) is 20.6. The highest BCUT2D eigenvalue weighted by Gasteiger charge is 2.49. The Balaban J connectivity index is 1.77. The number of piperazine rings is 1. The van der Waals surface area contributed by atoms with Gasteiger partial charge in [0, 0.05) is 23.8 Å². The number of nitrogens with zero attached hydrogens (tertiary/aromatic N) is 3. The lowest BCUT2D eigenvalue weighted by Crippen LogP contribution is -2.58. The Kier molecular flexibility index (Phi) is 5.53. The van der Waals surface area contributed by atoms with Crippen molar-refractivity contribution in [2.45, 2.75) is 52.1 Å². The molecule has 0 aromatic carbocycles. The van der Waals surface area contributed by atoms with Crippen LogP contribution in [-0.4, -0.2) is 69.8 Å². The second kappa shape index (κ2) is 7.73. The number of carbonyl (C=O) groups excluding carboxylic acids is 3. The van der Waals surface area contributed by atoms with E-state index in [1.54, 1.807) is 18.7 Å². The molecule has 2 aliphatic heterocycles. The highest BCUT2D eigenvalue weighted by Crippen LogP contribution is 2.35. The zero-order valence-electron chi connectivity index (χ0n) is 16.7. The maximum Gasteiger partial charge on any atom is 0.310 e. The predicted octanol–water partition coefficient (Wildman–Crippen LogP) is -0.0599. The molecular formula is C19H26N4O5. The van der Waals surface area contributed by atoms with Gasteiger partial charge in [-0.25, -0.2) is 4.98 Å². The van der Waals surface area contributed by atoms with Crippen LogP contribution < -0.4 is 5.56 Å². The molecule has 9 heteroatoms. The predicted molar refractivity (Wildman–Crippen MR) is 99.5 cm³/mol. The normalized spacial score (nSPS) is 24.3. The van der Waals surface area contributed by atoms with Gasteiger partial charge in [-0.15, -0.1) is 0 Å². The van der Waals surface area contributed by atoms with E-state index in [1.807, 2.05) is 6.92 Å². The fourth-order valence-corrected chi connectivity index (χ4v) is 4.44. The van der Waals surface area contributed by atoms with Crippen LogP contribution in [0.15, 0.2) is 4.79 Å². The van der Waals surface area contributed by atoms with Crippen molar-refractivity contribution in [1.82, 2.24) is 19.8 Å². The first-order valence-electron chi connectivity index (χ1n) is 9.49. The third kappa shape index (κ3) is 3.53. The first-order valence-corrected chi connectivity index (χ1v) is 9.49. The number of amides is 2. The molecule has 1 N–H and O–H groups in total. The molecule has 28 heavy (non-hydrogen) atoms. The van der Waals surface area contributed by atoms with Crippen molar-refractivity contribution in [2.24, 2.45) is 5.92 Å². The summed E-state index contributed by atoms with van der Waals surface area (Å²) in [5.41, 5.74) is 0.494. The first kappa shape index (κ1) is 20.0. The summed E-state index contributed by atoms with van der Waals surface area (Å²) in [6, 6.07) is -0.414. The maximum atomic E-state index is 12.8. The van der Waals surface area contributed by atoms with Gasteiger partial charge in [0.1, 0.15) is 5.82 Å². The molecule has 2 saturated heterocycles. The van der Waals surface area contributed by atoms with Crippen LogP contribution in [0, 0.1) is 19.8 Å². The minimum atomic E-state index is -0.370. The molecule has 2 fully saturated rings. The number of carbonyl (C=O) groups is 3. The minimum Gasteiger partial charge on any atom is -0.469 e. The summed E-state index contributed by atoms with van der Waals surface area (Å²) < 4.78 is 4.89. The topological polar surface area (TPSA) is 113 Å². The summed E-state index contributed by atoms with van der Waals surface area (Å²) in [6.45, 7) is 5.62. The summed E-state index contributed by atoms with van der Waals surface area (Å²) in [5, 5.41) is 0. The maximum absolute atomic E-state index is 12.8. The highest BCUT2D eigenvalue weighted by molar-refractivity contribution is 5.88. The number of hydrogen-bond acceptors (Lipinski definition) is 6. The summed E-state index contributed by atoms with van der Waals surface area (Å²) >= 11 is 0. The number of H-pyrrole nitrogens is 1. The second-order valence-corrected chi connectivity index (χ2v) is 7.46. The van der Waals surface area contributed by atoms with Gasteiger partial charge < -0.3 is 19.5 Å². The van der Waals surface area contributed by atoms with Gasteiger partial charge in [0.15, 0.2) is 0 Å². The van der Waals surface area contributed by atoms with E-state index in [-0.39, 0.29) is 54.3 Å². The molecule has 3 heterocycles. The van der Waals surface area contributed by atoms with Gasteiger partial charge in [0.05, 0.1) is 32.0 Å². The Hall–Kier alpha value is -2.71. The lowest BCUT2D eigenvalue weighted by atomic mass is 9.97. The van der Waals surface area contributed by atoms with Gasteiger partial charge in [0.25, 0.3) is 5.56 Å². The van der Waals surface area contributed by atoms with E-state index in [0.29, 0.717) is 36.5 Å². The first-order chi connectivity index (χ1) is 13.3. The van der Waals surface area contributed by atoms with E-state index in [0.717, 1.165) is 0 Å². The Morgan fingerprint density at radius 3 is 2.61 bits per heavy atom. The van der Waals surface area contributed by atoms with Crippen LogP contribution >= 0.6 is 0 Å². The molecule has 3 rings (SSSR count).